The number of methoxy groups -OCH3 is 2. The van der Waals surface area contributed by atoms with Gasteiger partial charge in [0.05, 0.1) is 35.9 Å². The van der Waals surface area contributed by atoms with Gasteiger partial charge >= 0.3 is 5.97 Å². The molecule has 4 heterocycles. The third-order valence-corrected chi connectivity index (χ3v) is 12.2. The molecule has 0 amide bonds. The van der Waals surface area contributed by atoms with Crippen molar-refractivity contribution in [3.63, 3.8) is 0 Å². The molecule has 4 rings (SSSR count). The Morgan fingerprint density at radius 2 is 1.61 bits per heavy atom. The Morgan fingerprint density at radius 3 is 2.18 bits per heavy atom. The molecule has 0 unspecified atom stereocenters. The Morgan fingerprint density at radius 1 is 0.961 bits per heavy atom. The summed E-state index contributed by atoms with van der Waals surface area (Å²) in [6.07, 6.45) is -6.36. The van der Waals surface area contributed by atoms with Crippen molar-refractivity contribution in [2.24, 2.45) is 17.8 Å². The summed E-state index contributed by atoms with van der Waals surface area (Å²) >= 11 is 0. The van der Waals surface area contributed by atoms with Crippen molar-refractivity contribution >= 4 is 5.97 Å². The molecule has 0 aromatic heterocycles. The molecule has 3 saturated heterocycles. The van der Waals surface area contributed by atoms with Crippen LogP contribution in [-0.4, -0.2) is 139 Å². The number of fused-ring (bicyclic) bond motifs is 2. The van der Waals surface area contributed by atoms with Gasteiger partial charge in [0, 0.05) is 44.9 Å². The van der Waals surface area contributed by atoms with E-state index in [4.69, 9.17) is 37.9 Å². The summed E-state index contributed by atoms with van der Waals surface area (Å²) in [6.45, 7) is 18.6. The molecule has 2 bridgehead atoms. The topological polar surface area (TPSA) is 155 Å². The number of likely N-dealkylation sites (N-methyl/N-ethyl adjacent to an activating group) is 1. The van der Waals surface area contributed by atoms with Gasteiger partial charge in [0.15, 0.2) is 12.6 Å². The van der Waals surface area contributed by atoms with Crippen LogP contribution in [0, 0.1) is 17.8 Å². The molecule has 0 radical (unpaired) electrons. The Bertz CT molecular complexity index is 1230. The van der Waals surface area contributed by atoms with Crippen molar-refractivity contribution in [3.05, 3.63) is 11.3 Å². The molecule has 0 aliphatic carbocycles. The SMILES string of the molecule is CC[C@H]1OC(=O)[C@H](C)[C@@H](O[C@H]2C[C@@](C)(OC)[C@@H](O)[C@H](C)O2)[C@H](C)[C@@H](O[C@@H]2O[C@H](C)C[C@H](N(C)C)[C@H]2O)[C@@]2(C)CC(C)=C(O2)[C@H](C)[C@@H](OC)[C@]1(C)O. The van der Waals surface area contributed by atoms with E-state index in [0.29, 0.717) is 25.0 Å². The molecule has 51 heavy (non-hydrogen) atoms. The van der Waals surface area contributed by atoms with Crippen molar-refractivity contribution in [2.45, 2.75) is 179 Å². The van der Waals surface area contributed by atoms with Crippen LogP contribution in [0.15, 0.2) is 11.3 Å². The average molecular weight is 730 g/mol. The van der Waals surface area contributed by atoms with Crippen LogP contribution in [0.25, 0.3) is 0 Å². The summed E-state index contributed by atoms with van der Waals surface area (Å²) in [4.78, 5) is 16.2. The van der Waals surface area contributed by atoms with Crippen LogP contribution >= 0.6 is 0 Å². The zero-order valence-electron chi connectivity index (χ0n) is 33.4. The minimum absolute atomic E-state index is 0.190. The molecule has 296 valence electrons. The molecule has 0 aromatic carbocycles. The molecule has 0 aromatic rings. The highest BCUT2D eigenvalue weighted by Gasteiger charge is 2.56. The van der Waals surface area contributed by atoms with E-state index in [1.807, 2.05) is 60.5 Å². The molecule has 3 fully saturated rings. The first-order valence-electron chi connectivity index (χ1n) is 18.7. The van der Waals surface area contributed by atoms with Crippen LogP contribution in [-0.2, 0) is 42.7 Å². The fourth-order valence-electron chi connectivity index (χ4n) is 9.16. The highest BCUT2D eigenvalue weighted by Crippen LogP contribution is 2.48. The average Bonchev–Trinajstić information content (AvgIpc) is 3.38. The number of aliphatic hydroxyl groups excluding tert-OH is 2. The first-order chi connectivity index (χ1) is 23.6. The highest BCUT2D eigenvalue weighted by molar-refractivity contribution is 5.73. The maximum Gasteiger partial charge on any atom is 0.311 e. The Balaban J connectivity index is 1.85. The normalized spacial score (nSPS) is 48.8. The standard InChI is InChI=1S/C38H67NO12/c1-15-26-38(10,43)33(44-13)21(4)29-19(2)17-37(9,51-29)32(50-35-28(40)25(39(11)12)16-20(3)46-35)22(5)30(23(6)34(42)48-26)49-27-18-36(8,45-14)31(41)24(7)47-27/h20-28,30-33,35,40-41,43H,15-18H2,1-14H3/t20-,21+,22+,23-,24+,25+,26-,27+,28-,30+,31+,32-,33-,35+,36-,37-,38-/m1/s1. The van der Waals surface area contributed by atoms with E-state index < -0.39 is 95.8 Å². The molecule has 13 heteroatoms. The van der Waals surface area contributed by atoms with Crippen molar-refractivity contribution in [1.82, 2.24) is 4.90 Å². The van der Waals surface area contributed by atoms with Gasteiger partial charge in [0.1, 0.15) is 41.4 Å². The van der Waals surface area contributed by atoms with Crippen LogP contribution in [0.2, 0.25) is 0 Å². The van der Waals surface area contributed by atoms with Gasteiger partial charge in [-0.15, -0.1) is 0 Å². The van der Waals surface area contributed by atoms with Crippen LogP contribution in [0.4, 0.5) is 0 Å². The largest absolute Gasteiger partial charge is 0.489 e. The number of rotatable bonds is 8. The van der Waals surface area contributed by atoms with Crippen LogP contribution < -0.4 is 0 Å². The van der Waals surface area contributed by atoms with Crippen molar-refractivity contribution in [1.29, 1.82) is 0 Å². The van der Waals surface area contributed by atoms with E-state index in [-0.39, 0.29) is 18.6 Å². The number of aliphatic hydroxyl groups is 3. The second-order valence-electron chi connectivity index (χ2n) is 16.6. The molecule has 17 atom stereocenters. The number of nitrogens with zero attached hydrogens (tertiary/aromatic N) is 1. The Kier molecular flexibility index (Phi) is 13.4. The molecule has 4 aliphatic rings. The lowest BCUT2D eigenvalue weighted by molar-refractivity contribution is -0.316. The van der Waals surface area contributed by atoms with Crippen molar-refractivity contribution in [2.75, 3.05) is 28.3 Å². The molecule has 0 spiro atoms. The number of esters is 1. The number of hydrogen-bond acceptors (Lipinski definition) is 13. The molecule has 13 nitrogen and oxygen atoms in total. The maximum atomic E-state index is 14.2. The third kappa shape index (κ3) is 8.33. The van der Waals surface area contributed by atoms with Gasteiger partial charge < -0.3 is 58.1 Å². The van der Waals surface area contributed by atoms with E-state index in [1.165, 1.54) is 14.2 Å². The lowest BCUT2D eigenvalue weighted by Gasteiger charge is -2.48. The van der Waals surface area contributed by atoms with Crippen LogP contribution in [0.5, 0.6) is 0 Å². The minimum Gasteiger partial charge on any atom is -0.489 e. The first-order valence-corrected chi connectivity index (χ1v) is 18.7. The number of ether oxygens (including phenoxy) is 8. The Labute approximate surface area is 305 Å². The summed E-state index contributed by atoms with van der Waals surface area (Å²) in [7, 11) is 6.92. The second-order valence-corrected chi connectivity index (χ2v) is 16.6. The van der Waals surface area contributed by atoms with E-state index in [2.05, 4.69) is 0 Å². The van der Waals surface area contributed by atoms with E-state index in [1.54, 1.807) is 27.7 Å². The van der Waals surface area contributed by atoms with Crippen molar-refractivity contribution in [3.8, 4) is 0 Å². The monoisotopic (exact) mass is 729 g/mol. The summed E-state index contributed by atoms with van der Waals surface area (Å²) < 4.78 is 51.1. The number of cyclic esters (lactones) is 1. The van der Waals surface area contributed by atoms with Crippen molar-refractivity contribution < 1.29 is 58.0 Å². The van der Waals surface area contributed by atoms with Gasteiger partial charge in [-0.1, -0.05) is 20.8 Å². The minimum atomic E-state index is -1.59. The number of carbonyl (C=O) groups excluding carboxylic acids is 1. The smallest absolute Gasteiger partial charge is 0.311 e. The summed E-state index contributed by atoms with van der Waals surface area (Å²) in [5.74, 6) is -1.80. The summed E-state index contributed by atoms with van der Waals surface area (Å²) in [5.41, 5.74) is -2.61. The van der Waals surface area contributed by atoms with Gasteiger partial charge in [0.25, 0.3) is 0 Å². The number of hydrogen-bond donors (Lipinski definition) is 3. The lowest BCUT2D eigenvalue weighted by Crippen LogP contribution is -2.60. The van der Waals surface area contributed by atoms with Crippen LogP contribution in [0.3, 0.4) is 0 Å². The maximum absolute atomic E-state index is 14.2. The fourth-order valence-corrected chi connectivity index (χ4v) is 9.16. The third-order valence-electron chi connectivity index (χ3n) is 12.2. The van der Waals surface area contributed by atoms with E-state index in [0.717, 1.165) is 5.57 Å². The lowest BCUT2D eigenvalue weighted by atomic mass is 9.78. The second kappa shape index (κ2) is 16.1. The molecule has 0 saturated carbocycles. The first kappa shape index (κ1) is 42.4. The van der Waals surface area contributed by atoms with Gasteiger partial charge in [-0.05, 0) is 81.0 Å². The van der Waals surface area contributed by atoms with Gasteiger partial charge in [0.2, 0.25) is 0 Å². The molecular formula is C38H67NO12. The molecular weight excluding hydrogens is 662 g/mol. The predicted octanol–water partition coefficient (Wildman–Crippen LogP) is 3.55. The zero-order chi connectivity index (χ0) is 38.4. The van der Waals surface area contributed by atoms with Gasteiger partial charge in [-0.2, -0.15) is 0 Å². The predicted molar refractivity (Wildman–Crippen MR) is 188 cm³/mol. The molecule has 4 aliphatic heterocycles. The molecule has 3 N–H and O–H groups in total. The number of carbonyl (C=O) groups is 1. The van der Waals surface area contributed by atoms with Gasteiger partial charge in [-0.25, -0.2) is 0 Å². The Hall–Kier alpha value is -1.39. The fraction of sp³-hybridized carbons (Fsp3) is 0.921. The van der Waals surface area contributed by atoms with E-state index in [9.17, 15) is 20.1 Å². The quantitative estimate of drug-likeness (QED) is 0.313. The summed E-state index contributed by atoms with van der Waals surface area (Å²) in [6, 6.07) is -0.219. The summed E-state index contributed by atoms with van der Waals surface area (Å²) in [5, 5.41) is 34.6. The van der Waals surface area contributed by atoms with Crippen LogP contribution in [0.1, 0.15) is 94.9 Å². The van der Waals surface area contributed by atoms with Gasteiger partial charge in [-0.3, -0.25) is 4.79 Å². The van der Waals surface area contributed by atoms with E-state index >= 15 is 0 Å². The highest BCUT2D eigenvalue weighted by atomic mass is 16.7. The zero-order valence-corrected chi connectivity index (χ0v) is 33.4.